The highest BCUT2D eigenvalue weighted by atomic mass is 35.5. The van der Waals surface area contributed by atoms with Crippen molar-refractivity contribution in [1.29, 1.82) is 0 Å². The van der Waals surface area contributed by atoms with E-state index in [1.807, 2.05) is 0 Å². The zero-order chi connectivity index (χ0) is 12.6. The van der Waals surface area contributed by atoms with Crippen molar-refractivity contribution >= 4 is 34.8 Å². The molecule has 0 aliphatic carbocycles. The van der Waals surface area contributed by atoms with Crippen molar-refractivity contribution in [3.05, 3.63) is 55.6 Å². The zero-order valence-corrected chi connectivity index (χ0v) is 10.5. The van der Waals surface area contributed by atoms with Gasteiger partial charge in [0.25, 0.3) is 5.56 Å². The molecule has 0 fully saturated rings. The number of hydrogen-bond donors (Lipinski definition) is 1. The van der Waals surface area contributed by atoms with Gasteiger partial charge in [-0.3, -0.25) is 4.79 Å². The first kappa shape index (κ1) is 12.4. The number of aromatic amines is 1. The number of nitrogens with one attached hydrogen (secondary N) is 1. The Balaban J connectivity index is 2.77. The van der Waals surface area contributed by atoms with Crippen LogP contribution in [0.1, 0.15) is 0 Å². The monoisotopic (exact) mass is 291 g/mol. The van der Waals surface area contributed by atoms with E-state index in [1.165, 1.54) is 24.4 Å². The molecule has 0 aliphatic heterocycles. The van der Waals surface area contributed by atoms with E-state index in [1.54, 1.807) is 0 Å². The van der Waals surface area contributed by atoms with E-state index >= 15 is 0 Å². The molecule has 0 atom stereocenters. The zero-order valence-electron chi connectivity index (χ0n) is 8.23. The Morgan fingerprint density at radius 1 is 1.12 bits per heavy atom. The molecule has 0 aliphatic rings. The Morgan fingerprint density at radius 3 is 2.53 bits per heavy atom. The molecule has 2 aromatic rings. The lowest BCUT2D eigenvalue weighted by Gasteiger charge is -2.07. The molecule has 0 radical (unpaired) electrons. The van der Waals surface area contributed by atoms with E-state index < -0.39 is 11.4 Å². The summed E-state index contributed by atoms with van der Waals surface area (Å²) in [5.41, 5.74) is -0.481. The topological polar surface area (TPSA) is 32.9 Å². The number of rotatable bonds is 1. The smallest absolute Gasteiger partial charge is 0.284 e. The fourth-order valence-electron chi connectivity index (χ4n) is 1.42. The molecule has 88 valence electrons. The summed E-state index contributed by atoms with van der Waals surface area (Å²) in [7, 11) is 0. The summed E-state index contributed by atoms with van der Waals surface area (Å²) in [6.07, 6.45) is 1.33. The largest absolute Gasteiger partial charge is 0.327 e. The minimum atomic E-state index is -0.923. The van der Waals surface area contributed by atoms with Crippen LogP contribution in [0.4, 0.5) is 4.39 Å². The van der Waals surface area contributed by atoms with Crippen molar-refractivity contribution in [3.63, 3.8) is 0 Å². The van der Waals surface area contributed by atoms with Crippen LogP contribution in [0.25, 0.3) is 11.1 Å². The molecule has 6 heteroatoms. The Bertz CT molecular complexity index is 639. The maximum absolute atomic E-state index is 13.6. The number of halogens is 4. The molecule has 0 unspecified atom stereocenters. The third-order valence-corrected chi connectivity index (χ3v) is 3.20. The first-order valence-corrected chi connectivity index (χ1v) is 5.66. The molecule has 17 heavy (non-hydrogen) atoms. The van der Waals surface area contributed by atoms with Crippen LogP contribution in [0, 0.1) is 5.82 Å². The van der Waals surface area contributed by atoms with Gasteiger partial charge >= 0.3 is 0 Å². The highest BCUT2D eigenvalue weighted by molar-refractivity contribution is 6.45. The molecule has 2 rings (SSSR count). The Morgan fingerprint density at radius 2 is 1.82 bits per heavy atom. The van der Waals surface area contributed by atoms with Crippen molar-refractivity contribution < 1.29 is 4.39 Å². The summed E-state index contributed by atoms with van der Waals surface area (Å²) in [4.78, 5) is 13.4. The third-order valence-electron chi connectivity index (χ3n) is 2.18. The molecule has 0 saturated heterocycles. The van der Waals surface area contributed by atoms with Crippen molar-refractivity contribution in [3.8, 4) is 11.1 Å². The van der Waals surface area contributed by atoms with Crippen LogP contribution >= 0.6 is 34.8 Å². The minimum absolute atomic E-state index is 0.0585. The average molecular weight is 293 g/mol. The summed E-state index contributed by atoms with van der Waals surface area (Å²) >= 11 is 17.6. The average Bonchev–Trinajstić information content (AvgIpc) is 2.27. The molecular weight excluding hydrogens is 287 g/mol. The fraction of sp³-hybridized carbons (Fsp3) is 0. The molecule has 0 amide bonds. The van der Waals surface area contributed by atoms with Crippen LogP contribution in [-0.4, -0.2) is 4.98 Å². The predicted molar refractivity (Wildman–Crippen MR) is 67.5 cm³/mol. The highest BCUT2D eigenvalue weighted by Gasteiger charge is 2.14. The van der Waals surface area contributed by atoms with Crippen LogP contribution in [0.5, 0.6) is 0 Å². The van der Waals surface area contributed by atoms with Crippen LogP contribution in [0.15, 0.2) is 29.2 Å². The Hall–Kier alpha value is -1.03. The number of pyridine rings is 1. The molecular formula is C11H5Cl3FNO. The van der Waals surface area contributed by atoms with Gasteiger partial charge in [-0.15, -0.1) is 0 Å². The van der Waals surface area contributed by atoms with Crippen LogP contribution in [0.3, 0.4) is 0 Å². The fourth-order valence-corrected chi connectivity index (χ4v) is 2.12. The first-order chi connectivity index (χ1) is 8.00. The second kappa shape index (κ2) is 4.69. The Kier molecular flexibility index (Phi) is 3.43. The lowest BCUT2D eigenvalue weighted by molar-refractivity contribution is 0.612. The molecule has 0 saturated carbocycles. The normalized spacial score (nSPS) is 10.6. The molecule has 0 bridgehead atoms. The van der Waals surface area contributed by atoms with Crippen LogP contribution in [0.2, 0.25) is 15.1 Å². The van der Waals surface area contributed by atoms with Gasteiger partial charge in [0.15, 0.2) is 5.82 Å². The maximum Gasteiger partial charge on any atom is 0.284 e. The van der Waals surface area contributed by atoms with Crippen molar-refractivity contribution in [2.24, 2.45) is 0 Å². The third kappa shape index (κ3) is 2.32. The number of hydrogen-bond acceptors (Lipinski definition) is 1. The Labute approximate surface area is 111 Å². The summed E-state index contributed by atoms with van der Waals surface area (Å²) in [5.74, 6) is -0.923. The van der Waals surface area contributed by atoms with E-state index in [-0.39, 0.29) is 21.2 Å². The standard InChI is InChI=1S/C11H5Cl3FNO/c12-5-3-7(9(14)8(13)4-5)6-1-2-16-11(17)10(6)15/h1-4H,(H,16,17). The van der Waals surface area contributed by atoms with Gasteiger partial charge in [-0.05, 0) is 18.2 Å². The van der Waals surface area contributed by atoms with Gasteiger partial charge in [-0.2, -0.15) is 0 Å². The number of benzene rings is 1. The molecule has 1 N–H and O–H groups in total. The lowest BCUT2D eigenvalue weighted by atomic mass is 10.1. The van der Waals surface area contributed by atoms with Crippen molar-refractivity contribution in [1.82, 2.24) is 4.98 Å². The van der Waals surface area contributed by atoms with Gasteiger partial charge in [0.1, 0.15) is 0 Å². The highest BCUT2D eigenvalue weighted by Crippen LogP contribution is 2.36. The van der Waals surface area contributed by atoms with Crippen LogP contribution in [-0.2, 0) is 0 Å². The summed E-state index contributed by atoms with van der Waals surface area (Å²) in [6.45, 7) is 0. The maximum atomic E-state index is 13.6. The second-order valence-electron chi connectivity index (χ2n) is 3.28. The van der Waals surface area contributed by atoms with Gasteiger partial charge in [0.05, 0.1) is 10.0 Å². The second-order valence-corrected chi connectivity index (χ2v) is 4.51. The molecule has 1 aromatic carbocycles. The number of aromatic nitrogens is 1. The predicted octanol–water partition coefficient (Wildman–Crippen LogP) is 4.14. The van der Waals surface area contributed by atoms with E-state index in [2.05, 4.69) is 4.98 Å². The molecule has 1 aromatic heterocycles. The van der Waals surface area contributed by atoms with E-state index in [9.17, 15) is 9.18 Å². The first-order valence-electron chi connectivity index (χ1n) is 4.53. The summed E-state index contributed by atoms with van der Waals surface area (Å²) in [5, 5.41) is 0.670. The SMILES string of the molecule is O=c1[nH]ccc(-c2cc(Cl)cc(Cl)c2Cl)c1F. The van der Waals surface area contributed by atoms with Gasteiger partial charge in [-0.1, -0.05) is 34.8 Å². The van der Waals surface area contributed by atoms with Gasteiger partial charge in [-0.25, -0.2) is 4.39 Å². The summed E-state index contributed by atoms with van der Waals surface area (Å²) in [6, 6.07) is 4.29. The van der Waals surface area contributed by atoms with Crippen molar-refractivity contribution in [2.75, 3.05) is 0 Å². The van der Waals surface area contributed by atoms with Gasteiger partial charge < -0.3 is 4.98 Å². The summed E-state index contributed by atoms with van der Waals surface area (Å²) < 4.78 is 13.6. The van der Waals surface area contributed by atoms with Crippen molar-refractivity contribution in [2.45, 2.75) is 0 Å². The minimum Gasteiger partial charge on any atom is -0.327 e. The van der Waals surface area contributed by atoms with Gasteiger partial charge in [0, 0.05) is 22.3 Å². The molecule has 1 heterocycles. The van der Waals surface area contributed by atoms with E-state index in [0.717, 1.165) is 0 Å². The van der Waals surface area contributed by atoms with E-state index in [4.69, 9.17) is 34.8 Å². The molecule has 0 spiro atoms. The number of H-pyrrole nitrogens is 1. The van der Waals surface area contributed by atoms with E-state index in [0.29, 0.717) is 5.02 Å². The molecule has 2 nitrogen and oxygen atoms in total. The quantitative estimate of drug-likeness (QED) is 0.787. The van der Waals surface area contributed by atoms with Gasteiger partial charge in [0.2, 0.25) is 0 Å². The lowest BCUT2D eigenvalue weighted by Crippen LogP contribution is -2.10. The van der Waals surface area contributed by atoms with Crippen LogP contribution < -0.4 is 5.56 Å².